The van der Waals surface area contributed by atoms with E-state index in [9.17, 15) is 0 Å². The molecule has 1 aromatic rings. The van der Waals surface area contributed by atoms with Gasteiger partial charge in [0.15, 0.2) is 5.96 Å². The Morgan fingerprint density at radius 1 is 1.47 bits per heavy atom. The lowest BCUT2D eigenvalue weighted by atomic mass is 9.96. The summed E-state index contributed by atoms with van der Waals surface area (Å²) in [5, 5.41) is 4.25. The fraction of sp³-hybridized carbons (Fsp3) is 0.615. The van der Waals surface area contributed by atoms with Gasteiger partial charge in [-0.1, -0.05) is 19.3 Å². The fourth-order valence-electron chi connectivity index (χ4n) is 2.23. The summed E-state index contributed by atoms with van der Waals surface area (Å²) < 4.78 is 0. The first-order chi connectivity index (χ1) is 8.25. The molecule has 1 aliphatic carbocycles. The van der Waals surface area contributed by atoms with Crippen molar-refractivity contribution < 1.29 is 0 Å². The average Bonchev–Trinajstić information content (AvgIpc) is 2.83. The van der Waals surface area contributed by atoms with E-state index in [-0.39, 0.29) is 0 Å². The summed E-state index contributed by atoms with van der Waals surface area (Å²) in [6.45, 7) is 0.853. The van der Waals surface area contributed by atoms with Crippen LogP contribution in [0.1, 0.15) is 37.7 Å². The van der Waals surface area contributed by atoms with Crippen molar-refractivity contribution in [1.29, 1.82) is 0 Å². The zero-order chi connectivity index (χ0) is 12.1. The lowest BCUT2D eigenvalue weighted by Gasteiger charge is -2.22. The SMILES string of the molecule is CN(Cc1ccsc1)C(N)=NC1CCCCC1. The number of rotatable bonds is 3. The predicted molar refractivity (Wildman–Crippen MR) is 74.3 cm³/mol. The van der Waals surface area contributed by atoms with Crippen LogP contribution in [0.25, 0.3) is 0 Å². The van der Waals surface area contributed by atoms with Crippen molar-refractivity contribution in [1.82, 2.24) is 4.90 Å². The van der Waals surface area contributed by atoms with Crippen LogP contribution >= 0.6 is 11.3 Å². The van der Waals surface area contributed by atoms with Gasteiger partial charge in [0.1, 0.15) is 0 Å². The number of guanidine groups is 1. The molecule has 1 fully saturated rings. The van der Waals surface area contributed by atoms with Crippen LogP contribution in [0.15, 0.2) is 21.8 Å². The zero-order valence-corrected chi connectivity index (χ0v) is 11.2. The molecule has 0 atom stereocenters. The molecule has 2 N–H and O–H groups in total. The van der Waals surface area contributed by atoms with E-state index < -0.39 is 0 Å². The van der Waals surface area contributed by atoms with Gasteiger partial charge in [0.25, 0.3) is 0 Å². The number of nitrogens with zero attached hydrogens (tertiary/aromatic N) is 2. The van der Waals surface area contributed by atoms with E-state index in [2.05, 4.69) is 21.8 Å². The Bertz CT molecular complexity index is 353. The van der Waals surface area contributed by atoms with Crippen molar-refractivity contribution in [2.75, 3.05) is 7.05 Å². The summed E-state index contributed by atoms with van der Waals surface area (Å²) in [4.78, 5) is 6.68. The lowest BCUT2D eigenvalue weighted by Crippen LogP contribution is -2.35. The first kappa shape index (κ1) is 12.4. The van der Waals surface area contributed by atoms with E-state index in [0.717, 1.165) is 6.54 Å². The van der Waals surface area contributed by atoms with Gasteiger partial charge in [-0.05, 0) is 35.2 Å². The van der Waals surface area contributed by atoms with E-state index in [4.69, 9.17) is 5.73 Å². The summed E-state index contributed by atoms with van der Waals surface area (Å²) in [6, 6.07) is 2.59. The van der Waals surface area contributed by atoms with Crippen molar-refractivity contribution in [2.45, 2.75) is 44.7 Å². The number of aliphatic imine (C=N–C) groups is 1. The Labute approximate surface area is 107 Å². The highest BCUT2D eigenvalue weighted by atomic mass is 32.1. The predicted octanol–water partition coefficient (Wildman–Crippen LogP) is 2.83. The molecular formula is C13H21N3S. The summed E-state index contributed by atoms with van der Waals surface area (Å²) in [5.41, 5.74) is 7.35. The molecule has 94 valence electrons. The van der Waals surface area contributed by atoms with Gasteiger partial charge in [0.05, 0.1) is 6.04 Å². The Hall–Kier alpha value is -1.03. The molecular weight excluding hydrogens is 230 g/mol. The smallest absolute Gasteiger partial charge is 0.191 e. The molecule has 1 aliphatic rings. The van der Waals surface area contributed by atoms with Crippen molar-refractivity contribution in [3.8, 4) is 0 Å². The molecule has 0 spiro atoms. The standard InChI is InChI=1S/C13H21N3S/c1-16(9-11-7-8-17-10-11)13(14)15-12-5-3-2-4-6-12/h7-8,10,12H,2-6,9H2,1H3,(H2,14,15). The molecule has 1 saturated carbocycles. The van der Waals surface area contributed by atoms with Gasteiger partial charge in [0.2, 0.25) is 0 Å². The molecule has 0 radical (unpaired) electrons. The van der Waals surface area contributed by atoms with Crippen LogP contribution in [-0.2, 0) is 6.54 Å². The highest BCUT2D eigenvalue weighted by molar-refractivity contribution is 7.07. The maximum absolute atomic E-state index is 6.04. The summed E-state index contributed by atoms with van der Waals surface area (Å²) in [5.74, 6) is 0.683. The monoisotopic (exact) mass is 251 g/mol. The number of hydrogen-bond acceptors (Lipinski definition) is 2. The lowest BCUT2D eigenvalue weighted by molar-refractivity contribution is 0.428. The molecule has 0 unspecified atom stereocenters. The maximum atomic E-state index is 6.04. The van der Waals surface area contributed by atoms with Crippen molar-refractivity contribution in [3.05, 3.63) is 22.4 Å². The molecule has 0 saturated heterocycles. The third-order valence-corrected chi connectivity index (χ3v) is 4.01. The van der Waals surface area contributed by atoms with E-state index in [1.54, 1.807) is 11.3 Å². The molecule has 1 aromatic heterocycles. The Morgan fingerprint density at radius 3 is 2.88 bits per heavy atom. The summed E-state index contributed by atoms with van der Waals surface area (Å²) in [6.07, 6.45) is 6.36. The van der Waals surface area contributed by atoms with E-state index >= 15 is 0 Å². The number of thiophene rings is 1. The summed E-state index contributed by atoms with van der Waals surface area (Å²) >= 11 is 1.72. The average molecular weight is 251 g/mol. The van der Waals surface area contributed by atoms with Gasteiger partial charge in [-0.25, -0.2) is 4.99 Å². The Kier molecular flexibility index (Phi) is 4.42. The van der Waals surface area contributed by atoms with Crippen LogP contribution < -0.4 is 5.73 Å². The van der Waals surface area contributed by atoms with Gasteiger partial charge in [-0.15, -0.1) is 0 Å². The quantitative estimate of drug-likeness (QED) is 0.663. The Morgan fingerprint density at radius 2 is 2.24 bits per heavy atom. The first-order valence-electron chi connectivity index (χ1n) is 6.31. The molecule has 4 heteroatoms. The van der Waals surface area contributed by atoms with Crippen LogP contribution in [0.2, 0.25) is 0 Å². The second-order valence-electron chi connectivity index (χ2n) is 4.77. The molecule has 0 amide bonds. The molecule has 0 bridgehead atoms. The molecule has 3 nitrogen and oxygen atoms in total. The van der Waals surface area contributed by atoms with E-state index in [0.29, 0.717) is 12.0 Å². The van der Waals surface area contributed by atoms with Gasteiger partial charge in [0, 0.05) is 13.6 Å². The van der Waals surface area contributed by atoms with Gasteiger partial charge in [-0.2, -0.15) is 11.3 Å². The van der Waals surface area contributed by atoms with Gasteiger partial charge < -0.3 is 10.6 Å². The van der Waals surface area contributed by atoms with Crippen LogP contribution in [0, 0.1) is 0 Å². The molecule has 0 aliphatic heterocycles. The minimum Gasteiger partial charge on any atom is -0.370 e. The third-order valence-electron chi connectivity index (χ3n) is 3.28. The number of nitrogens with two attached hydrogens (primary N) is 1. The van der Waals surface area contributed by atoms with Crippen molar-refractivity contribution >= 4 is 17.3 Å². The van der Waals surface area contributed by atoms with Gasteiger partial charge >= 0.3 is 0 Å². The second kappa shape index (κ2) is 6.05. The van der Waals surface area contributed by atoms with Crippen LogP contribution in [0.4, 0.5) is 0 Å². The fourth-order valence-corrected chi connectivity index (χ4v) is 2.89. The molecule has 2 rings (SSSR count). The molecule has 1 heterocycles. The number of hydrogen-bond donors (Lipinski definition) is 1. The first-order valence-corrected chi connectivity index (χ1v) is 7.25. The highest BCUT2D eigenvalue weighted by Gasteiger charge is 2.13. The van der Waals surface area contributed by atoms with Crippen LogP contribution in [-0.4, -0.2) is 23.9 Å². The van der Waals surface area contributed by atoms with Crippen molar-refractivity contribution in [3.63, 3.8) is 0 Å². The van der Waals surface area contributed by atoms with E-state index in [1.165, 1.54) is 37.7 Å². The normalized spacial score (nSPS) is 18.3. The summed E-state index contributed by atoms with van der Waals surface area (Å²) in [7, 11) is 2.01. The molecule has 17 heavy (non-hydrogen) atoms. The van der Waals surface area contributed by atoms with Crippen LogP contribution in [0.5, 0.6) is 0 Å². The maximum Gasteiger partial charge on any atom is 0.191 e. The Balaban J connectivity index is 1.89. The van der Waals surface area contributed by atoms with Crippen molar-refractivity contribution in [2.24, 2.45) is 10.7 Å². The minimum atomic E-state index is 0.452. The van der Waals surface area contributed by atoms with Gasteiger partial charge in [-0.3, -0.25) is 0 Å². The van der Waals surface area contributed by atoms with E-state index in [1.807, 2.05) is 11.9 Å². The molecule has 0 aromatic carbocycles. The topological polar surface area (TPSA) is 41.6 Å². The zero-order valence-electron chi connectivity index (χ0n) is 10.4. The third kappa shape index (κ3) is 3.73. The largest absolute Gasteiger partial charge is 0.370 e. The van der Waals surface area contributed by atoms with Crippen LogP contribution in [0.3, 0.4) is 0 Å². The minimum absolute atomic E-state index is 0.452. The second-order valence-corrected chi connectivity index (χ2v) is 5.55. The highest BCUT2D eigenvalue weighted by Crippen LogP contribution is 2.20.